The first-order valence-corrected chi connectivity index (χ1v) is 10.7. The first kappa shape index (κ1) is 23.1. The monoisotopic (exact) mass is 459 g/mol. The van der Waals surface area contributed by atoms with E-state index in [1.54, 1.807) is 13.8 Å². The Hall–Kier alpha value is -2.20. The largest absolute Gasteiger partial charge is 0.337 e. The quantitative estimate of drug-likeness (QED) is 0.499. The van der Waals surface area contributed by atoms with Crippen LogP contribution in [0.2, 0.25) is 10.0 Å². The zero-order chi connectivity index (χ0) is 21.9. The maximum absolute atomic E-state index is 12.9. The van der Waals surface area contributed by atoms with E-state index in [2.05, 4.69) is 4.72 Å². The third-order valence-electron chi connectivity index (χ3n) is 3.86. The summed E-state index contributed by atoms with van der Waals surface area (Å²) in [6.45, 7) is 3.32. The number of rotatable bonds is 7. The lowest BCUT2D eigenvalue weighted by Gasteiger charge is -2.19. The fraction of sp³-hybridized carbons (Fsp3) is 0.278. The molecule has 29 heavy (non-hydrogen) atoms. The van der Waals surface area contributed by atoms with Gasteiger partial charge < -0.3 is 4.90 Å². The minimum absolute atomic E-state index is 0.0117. The van der Waals surface area contributed by atoms with Gasteiger partial charge in [0.2, 0.25) is 10.0 Å². The average Bonchev–Trinajstić information content (AvgIpc) is 2.61. The highest BCUT2D eigenvalue weighted by Gasteiger charge is 2.22. The molecule has 1 N–H and O–H groups in total. The van der Waals surface area contributed by atoms with Gasteiger partial charge in [-0.1, -0.05) is 23.2 Å². The summed E-state index contributed by atoms with van der Waals surface area (Å²) in [6.07, 6.45) is 0. The maximum Gasteiger partial charge on any atom is 0.269 e. The minimum atomic E-state index is -3.81. The molecule has 0 radical (unpaired) electrons. The minimum Gasteiger partial charge on any atom is -0.337 e. The van der Waals surface area contributed by atoms with Crippen LogP contribution in [0.1, 0.15) is 29.8 Å². The molecule has 0 atom stereocenters. The van der Waals surface area contributed by atoms with Crippen molar-refractivity contribution in [3.05, 3.63) is 67.7 Å². The van der Waals surface area contributed by atoms with Crippen molar-refractivity contribution in [1.29, 1.82) is 0 Å². The lowest BCUT2D eigenvalue weighted by atomic mass is 10.1. The van der Waals surface area contributed by atoms with Crippen LogP contribution in [0.3, 0.4) is 0 Å². The van der Waals surface area contributed by atoms with E-state index in [1.165, 1.54) is 48.3 Å². The standard InChI is InChI=1S/C18H19Cl2N3O5S/c1-11(2)21-29(27,28)14-5-7-17(20)15(9-14)18(24)22(3)10-12-8-13(23(25)26)4-6-16(12)19/h4-9,11,21H,10H2,1-3H3. The number of hydrogen-bond donors (Lipinski definition) is 1. The van der Waals surface area contributed by atoms with Gasteiger partial charge >= 0.3 is 0 Å². The molecule has 2 rings (SSSR count). The van der Waals surface area contributed by atoms with Gasteiger partial charge in [-0.05, 0) is 43.7 Å². The number of carbonyl (C=O) groups excluding carboxylic acids is 1. The van der Waals surface area contributed by atoms with E-state index in [-0.39, 0.29) is 38.8 Å². The number of amides is 1. The second-order valence-corrected chi connectivity index (χ2v) is 9.14. The molecule has 0 saturated carbocycles. The molecule has 0 unspecified atom stereocenters. The molecule has 0 fully saturated rings. The number of halogens is 2. The van der Waals surface area contributed by atoms with Crippen LogP contribution in [0.25, 0.3) is 0 Å². The average molecular weight is 460 g/mol. The first-order chi connectivity index (χ1) is 13.4. The smallest absolute Gasteiger partial charge is 0.269 e. The molecule has 2 aromatic carbocycles. The summed E-state index contributed by atoms with van der Waals surface area (Å²) >= 11 is 12.2. The van der Waals surface area contributed by atoms with Gasteiger partial charge in [0.1, 0.15) is 0 Å². The zero-order valence-corrected chi connectivity index (χ0v) is 18.2. The van der Waals surface area contributed by atoms with Gasteiger partial charge in [0.25, 0.3) is 11.6 Å². The van der Waals surface area contributed by atoms with Gasteiger partial charge in [0, 0.05) is 36.8 Å². The number of nitro benzene ring substituents is 1. The SMILES string of the molecule is CC(C)NS(=O)(=O)c1ccc(Cl)c(C(=O)N(C)Cc2cc([N+](=O)[O-])ccc2Cl)c1. The Bertz CT molecular complexity index is 1060. The Kier molecular flexibility index (Phi) is 7.23. The van der Waals surface area contributed by atoms with Crippen LogP contribution in [0.15, 0.2) is 41.3 Å². The summed E-state index contributed by atoms with van der Waals surface area (Å²) in [4.78, 5) is 24.4. The molecule has 11 heteroatoms. The van der Waals surface area contributed by atoms with E-state index in [0.29, 0.717) is 5.56 Å². The highest BCUT2D eigenvalue weighted by molar-refractivity contribution is 7.89. The van der Waals surface area contributed by atoms with Crippen molar-refractivity contribution in [3.63, 3.8) is 0 Å². The van der Waals surface area contributed by atoms with E-state index in [0.717, 1.165) is 0 Å². The molecule has 2 aromatic rings. The molecule has 0 saturated heterocycles. The molecule has 0 aliphatic rings. The highest BCUT2D eigenvalue weighted by Crippen LogP contribution is 2.26. The molecule has 0 bridgehead atoms. The van der Waals surface area contributed by atoms with Crippen LogP contribution in [0.5, 0.6) is 0 Å². The normalized spacial score (nSPS) is 11.5. The molecule has 156 valence electrons. The van der Waals surface area contributed by atoms with E-state index in [9.17, 15) is 23.3 Å². The van der Waals surface area contributed by atoms with Crippen molar-refractivity contribution in [2.75, 3.05) is 7.05 Å². The highest BCUT2D eigenvalue weighted by atomic mass is 35.5. The second kappa shape index (κ2) is 9.08. The third kappa shape index (κ3) is 5.66. The van der Waals surface area contributed by atoms with Crippen molar-refractivity contribution in [3.8, 4) is 0 Å². The van der Waals surface area contributed by atoms with Crippen molar-refractivity contribution in [2.45, 2.75) is 31.3 Å². The van der Waals surface area contributed by atoms with E-state index < -0.39 is 20.9 Å². The topological polar surface area (TPSA) is 110 Å². The molecule has 8 nitrogen and oxygen atoms in total. The lowest BCUT2D eigenvalue weighted by molar-refractivity contribution is -0.384. The zero-order valence-electron chi connectivity index (χ0n) is 15.8. The Morgan fingerprint density at radius 1 is 1.17 bits per heavy atom. The molecule has 0 aromatic heterocycles. The van der Waals surface area contributed by atoms with Crippen molar-refractivity contribution < 1.29 is 18.1 Å². The van der Waals surface area contributed by atoms with E-state index >= 15 is 0 Å². The van der Waals surface area contributed by atoms with Gasteiger partial charge in [0.05, 0.1) is 20.4 Å². The first-order valence-electron chi connectivity index (χ1n) is 8.42. The molecule has 0 aliphatic heterocycles. The predicted molar refractivity (Wildman–Crippen MR) is 111 cm³/mol. The molecule has 0 spiro atoms. The Morgan fingerprint density at radius 2 is 1.79 bits per heavy atom. The number of non-ortho nitro benzene ring substituents is 1. The van der Waals surface area contributed by atoms with E-state index in [1.807, 2.05) is 0 Å². The number of sulfonamides is 1. The van der Waals surface area contributed by atoms with Crippen molar-refractivity contribution >= 4 is 44.8 Å². The van der Waals surface area contributed by atoms with Gasteiger partial charge in [-0.3, -0.25) is 14.9 Å². The molecule has 0 aliphatic carbocycles. The summed E-state index contributed by atoms with van der Waals surface area (Å²) in [5.41, 5.74) is 0.205. The fourth-order valence-corrected chi connectivity index (χ4v) is 4.20. The third-order valence-corrected chi connectivity index (χ3v) is 6.22. The molecular weight excluding hydrogens is 441 g/mol. The summed E-state index contributed by atoms with van der Waals surface area (Å²) in [7, 11) is -2.35. The van der Waals surface area contributed by atoms with Gasteiger partial charge in [-0.25, -0.2) is 13.1 Å². The van der Waals surface area contributed by atoms with Crippen LogP contribution in [-0.4, -0.2) is 37.2 Å². The molecule has 0 heterocycles. The summed E-state index contributed by atoms with van der Waals surface area (Å²) in [5.74, 6) is -0.556. The number of benzene rings is 2. The van der Waals surface area contributed by atoms with Crippen LogP contribution in [-0.2, 0) is 16.6 Å². The number of nitro groups is 1. The second-order valence-electron chi connectivity index (χ2n) is 6.61. The van der Waals surface area contributed by atoms with Crippen LogP contribution >= 0.6 is 23.2 Å². The number of carbonyl (C=O) groups is 1. The Labute approximate surface area is 178 Å². The van der Waals surface area contributed by atoms with E-state index in [4.69, 9.17) is 23.2 Å². The fourth-order valence-electron chi connectivity index (χ4n) is 2.54. The van der Waals surface area contributed by atoms with Gasteiger partial charge in [-0.2, -0.15) is 0 Å². The van der Waals surface area contributed by atoms with Gasteiger partial charge in [0.15, 0.2) is 0 Å². The maximum atomic E-state index is 12.9. The number of hydrogen-bond acceptors (Lipinski definition) is 5. The Balaban J connectivity index is 2.34. The molecule has 1 amide bonds. The summed E-state index contributed by atoms with van der Waals surface area (Å²) < 4.78 is 27.2. The summed E-state index contributed by atoms with van der Waals surface area (Å²) in [5, 5.41) is 11.3. The van der Waals surface area contributed by atoms with Crippen LogP contribution < -0.4 is 4.72 Å². The number of nitrogens with zero attached hydrogens (tertiary/aromatic N) is 2. The van der Waals surface area contributed by atoms with Crippen molar-refractivity contribution in [1.82, 2.24) is 9.62 Å². The number of nitrogens with one attached hydrogen (secondary N) is 1. The van der Waals surface area contributed by atoms with Crippen LogP contribution in [0.4, 0.5) is 5.69 Å². The van der Waals surface area contributed by atoms with Crippen LogP contribution in [0, 0.1) is 10.1 Å². The lowest BCUT2D eigenvalue weighted by Crippen LogP contribution is -2.31. The summed E-state index contributed by atoms with van der Waals surface area (Å²) in [6, 6.07) is 7.43. The predicted octanol–water partition coefficient (Wildman–Crippen LogP) is 3.86. The van der Waals surface area contributed by atoms with Gasteiger partial charge in [-0.15, -0.1) is 0 Å². The Morgan fingerprint density at radius 3 is 2.38 bits per heavy atom. The molecular formula is C18H19Cl2N3O5S. The van der Waals surface area contributed by atoms with Crippen molar-refractivity contribution in [2.24, 2.45) is 0 Å².